The van der Waals surface area contributed by atoms with Crippen LogP contribution in [0.5, 0.6) is 0 Å². The molecule has 16 atom stereocenters. The van der Waals surface area contributed by atoms with Crippen molar-refractivity contribution in [2.45, 2.75) is 153 Å². The average Bonchev–Trinajstić information content (AvgIpc) is 3.30. The van der Waals surface area contributed by atoms with Crippen LogP contribution in [0.1, 0.15) is 78.7 Å². The van der Waals surface area contributed by atoms with Crippen molar-refractivity contribution in [1.82, 2.24) is 9.88 Å². The zero-order valence-corrected chi connectivity index (χ0v) is 39.7. The van der Waals surface area contributed by atoms with Crippen molar-refractivity contribution >= 4 is 17.5 Å². The van der Waals surface area contributed by atoms with Crippen molar-refractivity contribution < 1.29 is 67.6 Å². The standard InChI is InChI=1S/C48H75N3O14/c1-10-38-34(25-60-39-14-13-37(53)46(57-8)47(39)58-9)21-28(2)11-12-36(52)29(3)22-33-17-20-59-26-35(50-62-24-32-15-18-49-19-16-32)27-61-40(23-41(54)64-38)30(4)45(33)65-48-44(56)42(51(6)7)43(55)31(5)63-48/h11-12,15-16,18-19,21,29-31,33-34,37-40,42-48,53,55-56H,10,13-14,17,20,22-27H2,1-9H3/b12-11+,28-21+,50-35+/t29-,30+,31-,33?,34-,37-,38-,39-,40-,42+,43-,44-,45-,46-,47+,48+/m1/s1. The van der Waals surface area contributed by atoms with E-state index in [9.17, 15) is 24.9 Å². The summed E-state index contributed by atoms with van der Waals surface area (Å²) < 4.78 is 50.2. The number of cyclic esters (lactones) is 1. The van der Waals surface area contributed by atoms with E-state index in [1.165, 1.54) is 7.11 Å². The number of fused-ring (bicyclic) bond motifs is 3. The van der Waals surface area contributed by atoms with Gasteiger partial charge in [0.2, 0.25) is 0 Å². The molecule has 65 heavy (non-hydrogen) atoms. The van der Waals surface area contributed by atoms with Crippen molar-refractivity contribution in [1.29, 1.82) is 0 Å². The summed E-state index contributed by atoms with van der Waals surface area (Å²) in [6.45, 7) is 10.1. The normalized spacial score (nSPS) is 39.3. The van der Waals surface area contributed by atoms with Crippen LogP contribution in [0.25, 0.3) is 0 Å². The van der Waals surface area contributed by atoms with Gasteiger partial charge in [-0.25, -0.2) is 0 Å². The number of pyridine rings is 1. The van der Waals surface area contributed by atoms with Crippen LogP contribution < -0.4 is 0 Å². The van der Waals surface area contributed by atoms with E-state index < -0.39 is 91.0 Å². The molecule has 3 aliphatic heterocycles. The number of hydrogen-bond acceptors (Lipinski definition) is 17. The topological polar surface area (TPSA) is 206 Å². The molecule has 1 aromatic rings. The number of aliphatic hydroxyl groups excluding tert-OH is 3. The zero-order valence-electron chi connectivity index (χ0n) is 39.7. The Morgan fingerprint density at radius 1 is 0.938 bits per heavy atom. The van der Waals surface area contributed by atoms with Gasteiger partial charge < -0.3 is 63.0 Å². The number of nitrogens with zero attached hydrogens (tertiary/aromatic N) is 3. The summed E-state index contributed by atoms with van der Waals surface area (Å²) in [6.07, 6.45) is 2.39. The molecule has 4 aliphatic rings. The first kappa shape index (κ1) is 52.8. The second-order valence-electron chi connectivity index (χ2n) is 18.3. The molecule has 0 radical (unpaired) electrons. The summed E-state index contributed by atoms with van der Waals surface area (Å²) in [7, 11) is 6.66. The fraction of sp³-hybridized carbons (Fsp3) is 0.750. The van der Waals surface area contributed by atoms with Crippen molar-refractivity contribution in [2.75, 3.05) is 54.7 Å². The van der Waals surface area contributed by atoms with Crippen LogP contribution in [0.15, 0.2) is 53.5 Å². The highest BCUT2D eigenvalue weighted by molar-refractivity contribution is 5.91. The molecule has 2 saturated heterocycles. The summed E-state index contributed by atoms with van der Waals surface area (Å²) >= 11 is 0. The first-order valence-electron chi connectivity index (χ1n) is 23.2. The summed E-state index contributed by atoms with van der Waals surface area (Å²) in [5, 5.41) is 37.8. The van der Waals surface area contributed by atoms with Crippen molar-refractivity contribution in [3.63, 3.8) is 0 Å². The fourth-order valence-corrected chi connectivity index (χ4v) is 9.52. The van der Waals surface area contributed by atoms with Gasteiger partial charge in [0.15, 0.2) is 12.1 Å². The molecule has 4 heterocycles. The lowest BCUT2D eigenvalue weighted by Gasteiger charge is -2.47. The Kier molecular flexibility index (Phi) is 20.9. The Morgan fingerprint density at radius 3 is 2.37 bits per heavy atom. The molecule has 17 heteroatoms. The predicted molar refractivity (Wildman–Crippen MR) is 240 cm³/mol. The largest absolute Gasteiger partial charge is 0.462 e. The molecule has 5 rings (SSSR count). The van der Waals surface area contributed by atoms with Crippen LogP contribution >= 0.6 is 0 Å². The Hall–Kier alpha value is -3.20. The quantitative estimate of drug-likeness (QED) is 0.201. The van der Waals surface area contributed by atoms with E-state index in [0.717, 1.165) is 11.1 Å². The molecule has 17 nitrogen and oxygen atoms in total. The third kappa shape index (κ3) is 14.6. The zero-order chi connectivity index (χ0) is 47.2. The lowest BCUT2D eigenvalue weighted by molar-refractivity contribution is -0.305. The lowest BCUT2D eigenvalue weighted by Crippen LogP contribution is -2.63. The molecule has 2 bridgehead atoms. The molecule has 0 amide bonds. The molecule has 366 valence electrons. The summed E-state index contributed by atoms with van der Waals surface area (Å²) in [5.41, 5.74) is 2.13. The lowest BCUT2D eigenvalue weighted by atomic mass is 9.79. The highest BCUT2D eigenvalue weighted by atomic mass is 16.7. The van der Waals surface area contributed by atoms with Gasteiger partial charge in [-0.15, -0.1) is 0 Å². The number of rotatable bonds is 12. The van der Waals surface area contributed by atoms with Crippen LogP contribution in [0.4, 0.5) is 0 Å². The first-order chi connectivity index (χ1) is 31.1. The molecular weight excluding hydrogens is 843 g/mol. The molecule has 1 aromatic heterocycles. The van der Waals surface area contributed by atoms with E-state index in [4.69, 9.17) is 42.7 Å². The van der Waals surface area contributed by atoms with Crippen LogP contribution in [0.3, 0.4) is 0 Å². The monoisotopic (exact) mass is 918 g/mol. The molecule has 0 spiro atoms. The van der Waals surface area contributed by atoms with Gasteiger partial charge in [-0.1, -0.05) is 43.7 Å². The number of esters is 1. The van der Waals surface area contributed by atoms with Gasteiger partial charge in [-0.05, 0) is 89.7 Å². The number of ether oxygens (including phenoxy) is 8. The maximum Gasteiger partial charge on any atom is 0.308 e. The SMILES string of the molecule is CC[C@H]1OC(=O)C[C@H]2OC/C(=N/OCc3ccncc3)COCCC(C[C@@H](C)C(=O)/C=C/C(C)=C/[C@@H]1CO[C@@H]1CC[C@@H](O)[C@@H](OC)[C@H]1OC)[C@H](O[C@@H]1O[C@H](C)[C@@H](O)[C@H](N(C)C)[C@H]1O)[C@H]2C. The van der Waals surface area contributed by atoms with E-state index in [1.54, 1.807) is 57.6 Å². The van der Waals surface area contributed by atoms with Crippen LogP contribution in [0.2, 0.25) is 0 Å². The van der Waals surface area contributed by atoms with Crippen molar-refractivity contribution in [3.05, 3.63) is 53.9 Å². The molecule has 0 aromatic carbocycles. The number of allylic oxidation sites excluding steroid dienone is 3. The molecule has 1 aliphatic carbocycles. The number of aromatic nitrogens is 1. The van der Waals surface area contributed by atoms with E-state index in [1.807, 2.05) is 45.9 Å². The van der Waals surface area contributed by atoms with Crippen molar-refractivity contribution in [2.24, 2.45) is 28.8 Å². The molecule has 3 N–H and O–H groups in total. The average molecular weight is 918 g/mol. The minimum atomic E-state index is -1.24. The second kappa shape index (κ2) is 25.8. The summed E-state index contributed by atoms with van der Waals surface area (Å²) in [4.78, 5) is 39.9. The van der Waals surface area contributed by atoms with E-state index >= 15 is 0 Å². The minimum absolute atomic E-state index is 0.0426. The van der Waals surface area contributed by atoms with Gasteiger partial charge in [-0.2, -0.15) is 0 Å². The number of carbonyl (C=O) groups is 2. The van der Waals surface area contributed by atoms with Gasteiger partial charge in [0.25, 0.3) is 0 Å². The third-order valence-electron chi connectivity index (χ3n) is 13.3. The Labute approximate surface area is 384 Å². The fourth-order valence-electron chi connectivity index (χ4n) is 9.52. The molecule has 1 unspecified atom stereocenters. The maximum absolute atomic E-state index is 14.4. The molecular formula is C48H75N3O14. The molecule has 1 saturated carbocycles. The van der Waals surface area contributed by atoms with Crippen LogP contribution in [-0.4, -0.2) is 171 Å². The van der Waals surface area contributed by atoms with E-state index in [0.29, 0.717) is 37.8 Å². The van der Waals surface area contributed by atoms with Crippen LogP contribution in [-0.2, 0) is 58.9 Å². The number of aliphatic hydroxyl groups is 3. The van der Waals surface area contributed by atoms with Gasteiger partial charge in [0.1, 0.15) is 36.7 Å². The maximum atomic E-state index is 14.4. The Bertz CT molecular complexity index is 1710. The number of likely N-dealkylation sites (N-methyl/N-ethyl adjacent to an activating group) is 1. The second-order valence-corrected chi connectivity index (χ2v) is 18.3. The highest BCUT2D eigenvalue weighted by Gasteiger charge is 2.48. The number of carbonyl (C=O) groups excluding carboxylic acids is 2. The van der Waals surface area contributed by atoms with Gasteiger partial charge in [-0.3, -0.25) is 14.6 Å². The number of oxime groups is 1. The number of methoxy groups -OCH3 is 2. The summed E-state index contributed by atoms with van der Waals surface area (Å²) in [5.74, 6) is -2.36. The van der Waals surface area contributed by atoms with Gasteiger partial charge in [0, 0.05) is 51.0 Å². The van der Waals surface area contributed by atoms with Gasteiger partial charge >= 0.3 is 5.97 Å². The smallest absolute Gasteiger partial charge is 0.308 e. The summed E-state index contributed by atoms with van der Waals surface area (Å²) in [6, 6.07) is 2.97. The first-order valence-corrected chi connectivity index (χ1v) is 23.2. The van der Waals surface area contributed by atoms with Crippen molar-refractivity contribution in [3.8, 4) is 0 Å². The van der Waals surface area contributed by atoms with Gasteiger partial charge in [0.05, 0.1) is 68.9 Å². The number of ketones is 1. The number of hydrogen-bond donors (Lipinski definition) is 3. The van der Waals surface area contributed by atoms with E-state index in [2.05, 4.69) is 10.1 Å². The Morgan fingerprint density at radius 2 is 1.68 bits per heavy atom. The minimum Gasteiger partial charge on any atom is -0.462 e. The Balaban J connectivity index is 1.51. The highest BCUT2D eigenvalue weighted by Crippen LogP contribution is 2.36. The predicted octanol–water partition coefficient (Wildman–Crippen LogP) is 3.80. The third-order valence-corrected chi connectivity index (χ3v) is 13.3. The van der Waals surface area contributed by atoms with Crippen LogP contribution in [0, 0.1) is 23.7 Å². The van der Waals surface area contributed by atoms with E-state index in [-0.39, 0.29) is 57.3 Å². The molecule has 3 fully saturated rings.